The largest absolute Gasteiger partial charge is 0.496 e. The Hall–Kier alpha value is -2.68. The number of carbonyl (C=O) groups is 3. The number of amides is 2. The molecule has 1 aromatic carbocycles. The second-order valence-electron chi connectivity index (χ2n) is 9.07. The molecular formula is C27H41N3O5S. The van der Waals surface area contributed by atoms with Gasteiger partial charge in [0.15, 0.2) is 5.11 Å². The van der Waals surface area contributed by atoms with E-state index in [4.69, 9.17) is 21.7 Å². The zero-order valence-corrected chi connectivity index (χ0v) is 22.5. The number of benzene rings is 1. The summed E-state index contributed by atoms with van der Waals surface area (Å²) in [6.45, 7) is 3.32. The molecule has 200 valence electrons. The van der Waals surface area contributed by atoms with Crippen LogP contribution >= 0.6 is 12.2 Å². The number of hydrogen-bond acceptors (Lipinski definition) is 6. The van der Waals surface area contributed by atoms with E-state index in [0.29, 0.717) is 31.0 Å². The predicted octanol–water partition coefficient (Wildman–Crippen LogP) is 4.36. The fourth-order valence-corrected chi connectivity index (χ4v) is 4.53. The Balaban J connectivity index is 1.74. The normalized spacial score (nSPS) is 15.2. The zero-order chi connectivity index (χ0) is 26.2. The standard InChI is InChI=1S/C27H41N3O5S/c1-3-4-5-6-7-8-9-10-11-14-19-35-24(31)20-22-26(33)28-17-18-30(22)27(36)29-25(32)21-15-12-13-16-23(21)34-2/h12-13,15-16,22H,3-11,14,17-20H2,1-2H3,(H,28,33)(H,29,32,36). The van der Waals surface area contributed by atoms with E-state index in [-0.39, 0.29) is 17.4 Å². The molecule has 1 unspecified atom stereocenters. The van der Waals surface area contributed by atoms with Gasteiger partial charge < -0.3 is 19.7 Å². The number of nitrogens with one attached hydrogen (secondary N) is 2. The van der Waals surface area contributed by atoms with Gasteiger partial charge in [-0.15, -0.1) is 0 Å². The van der Waals surface area contributed by atoms with Gasteiger partial charge in [0.2, 0.25) is 5.91 Å². The second kappa shape index (κ2) is 16.9. The Labute approximate surface area is 220 Å². The Morgan fingerprint density at radius 3 is 2.36 bits per heavy atom. The molecular weight excluding hydrogens is 478 g/mol. The van der Waals surface area contributed by atoms with Crippen LogP contribution in [0.3, 0.4) is 0 Å². The minimum Gasteiger partial charge on any atom is -0.496 e. The molecule has 9 heteroatoms. The number of thiocarbonyl (C=S) groups is 1. The molecule has 0 bridgehead atoms. The number of carbonyl (C=O) groups excluding carboxylic acids is 3. The summed E-state index contributed by atoms with van der Waals surface area (Å²) in [5, 5.41) is 5.51. The first kappa shape index (κ1) is 29.5. The maximum Gasteiger partial charge on any atom is 0.308 e. The molecule has 0 spiro atoms. The van der Waals surface area contributed by atoms with Gasteiger partial charge >= 0.3 is 5.97 Å². The number of nitrogens with zero attached hydrogens (tertiary/aromatic N) is 1. The van der Waals surface area contributed by atoms with E-state index in [1.165, 1.54) is 52.1 Å². The van der Waals surface area contributed by atoms with E-state index < -0.39 is 17.9 Å². The van der Waals surface area contributed by atoms with Crippen molar-refractivity contribution in [3.8, 4) is 5.75 Å². The third-order valence-corrected chi connectivity index (χ3v) is 6.62. The summed E-state index contributed by atoms with van der Waals surface area (Å²) in [5.41, 5.74) is 0.330. The van der Waals surface area contributed by atoms with Crippen molar-refractivity contribution < 1.29 is 23.9 Å². The van der Waals surface area contributed by atoms with Crippen LogP contribution in [-0.4, -0.2) is 60.6 Å². The van der Waals surface area contributed by atoms with Gasteiger partial charge in [0, 0.05) is 13.1 Å². The molecule has 1 aliphatic rings. The summed E-state index contributed by atoms with van der Waals surface area (Å²) in [7, 11) is 1.48. The number of ether oxygens (including phenoxy) is 2. The third-order valence-electron chi connectivity index (χ3n) is 6.28. The number of unbranched alkanes of at least 4 members (excludes halogenated alkanes) is 9. The average molecular weight is 520 g/mol. The molecule has 2 amide bonds. The molecule has 8 nitrogen and oxygen atoms in total. The van der Waals surface area contributed by atoms with Crippen LogP contribution in [0.5, 0.6) is 5.75 Å². The number of hydrogen-bond donors (Lipinski definition) is 2. The van der Waals surface area contributed by atoms with Crippen molar-refractivity contribution in [2.75, 3.05) is 26.8 Å². The summed E-state index contributed by atoms with van der Waals surface area (Å²) < 4.78 is 10.6. The maximum atomic E-state index is 12.7. The predicted molar refractivity (Wildman–Crippen MR) is 144 cm³/mol. The molecule has 1 aromatic rings. The number of methoxy groups -OCH3 is 1. The van der Waals surface area contributed by atoms with Crippen LogP contribution in [0.1, 0.15) is 87.9 Å². The lowest BCUT2D eigenvalue weighted by molar-refractivity contribution is -0.147. The lowest BCUT2D eigenvalue weighted by Gasteiger charge is -2.36. The van der Waals surface area contributed by atoms with Gasteiger partial charge in [-0.25, -0.2) is 0 Å². The summed E-state index contributed by atoms with van der Waals surface area (Å²) >= 11 is 5.42. The van der Waals surface area contributed by atoms with Gasteiger partial charge in [0.25, 0.3) is 5.91 Å². The smallest absolute Gasteiger partial charge is 0.308 e. The first-order chi connectivity index (χ1) is 17.5. The molecule has 36 heavy (non-hydrogen) atoms. The summed E-state index contributed by atoms with van der Waals surface area (Å²) in [5.74, 6) is -0.783. The minimum absolute atomic E-state index is 0.0910. The zero-order valence-electron chi connectivity index (χ0n) is 21.7. The van der Waals surface area contributed by atoms with Crippen LogP contribution < -0.4 is 15.4 Å². The lowest BCUT2D eigenvalue weighted by Crippen LogP contribution is -2.60. The van der Waals surface area contributed by atoms with Gasteiger partial charge in [0.1, 0.15) is 11.8 Å². The van der Waals surface area contributed by atoms with E-state index >= 15 is 0 Å². The topological polar surface area (TPSA) is 97.0 Å². The van der Waals surface area contributed by atoms with Gasteiger partial charge in [-0.3, -0.25) is 19.7 Å². The average Bonchev–Trinajstić information content (AvgIpc) is 2.88. The van der Waals surface area contributed by atoms with Crippen LogP contribution in [0.2, 0.25) is 0 Å². The maximum absolute atomic E-state index is 12.7. The third kappa shape index (κ3) is 10.1. The molecule has 1 fully saturated rings. The van der Waals surface area contributed by atoms with Crippen molar-refractivity contribution in [3.63, 3.8) is 0 Å². The second-order valence-corrected chi connectivity index (χ2v) is 9.45. The highest BCUT2D eigenvalue weighted by Crippen LogP contribution is 2.18. The van der Waals surface area contributed by atoms with Crippen LogP contribution in [0.25, 0.3) is 0 Å². The molecule has 2 N–H and O–H groups in total. The monoisotopic (exact) mass is 519 g/mol. The van der Waals surface area contributed by atoms with E-state index in [1.807, 2.05) is 0 Å². The first-order valence-electron chi connectivity index (χ1n) is 13.2. The molecule has 2 rings (SSSR count). The molecule has 0 aliphatic carbocycles. The van der Waals surface area contributed by atoms with Crippen molar-refractivity contribution in [2.45, 2.75) is 83.6 Å². The van der Waals surface area contributed by atoms with E-state index in [1.54, 1.807) is 29.2 Å². The van der Waals surface area contributed by atoms with Crippen LogP contribution in [-0.2, 0) is 14.3 Å². The molecule has 1 aliphatic heterocycles. The fourth-order valence-electron chi connectivity index (χ4n) is 4.22. The number of piperazine rings is 1. The Morgan fingerprint density at radius 2 is 1.69 bits per heavy atom. The van der Waals surface area contributed by atoms with Crippen molar-refractivity contribution in [1.82, 2.24) is 15.5 Å². The summed E-state index contributed by atoms with van der Waals surface area (Å²) in [6, 6.07) is 5.97. The Bertz CT molecular complexity index is 864. The van der Waals surface area contributed by atoms with Crippen molar-refractivity contribution >= 4 is 35.1 Å². The van der Waals surface area contributed by atoms with Gasteiger partial charge in [-0.2, -0.15) is 0 Å². The lowest BCUT2D eigenvalue weighted by atomic mass is 10.1. The summed E-state index contributed by atoms with van der Waals surface area (Å²) in [6.07, 6.45) is 11.9. The van der Waals surface area contributed by atoms with Crippen LogP contribution in [0.4, 0.5) is 0 Å². The molecule has 0 radical (unpaired) electrons. The SMILES string of the molecule is CCCCCCCCCCCCOC(=O)CC1C(=O)NCCN1C(=S)NC(=O)c1ccccc1OC. The van der Waals surface area contributed by atoms with Gasteiger partial charge in [0.05, 0.1) is 25.7 Å². The Kier molecular flexibility index (Phi) is 13.9. The quantitative estimate of drug-likeness (QED) is 0.202. The highest BCUT2D eigenvalue weighted by Gasteiger charge is 2.34. The fraction of sp³-hybridized carbons (Fsp3) is 0.630. The van der Waals surface area contributed by atoms with E-state index in [0.717, 1.165) is 19.3 Å². The highest BCUT2D eigenvalue weighted by atomic mass is 32.1. The Morgan fingerprint density at radius 1 is 1.06 bits per heavy atom. The number of para-hydroxylation sites is 1. The first-order valence-corrected chi connectivity index (χ1v) is 13.6. The van der Waals surface area contributed by atoms with Crippen molar-refractivity contribution in [1.29, 1.82) is 0 Å². The summed E-state index contributed by atoms with van der Waals surface area (Å²) in [4.78, 5) is 39.2. The molecule has 0 saturated carbocycles. The molecule has 1 heterocycles. The van der Waals surface area contributed by atoms with Crippen LogP contribution in [0, 0.1) is 0 Å². The number of rotatable bonds is 15. The van der Waals surface area contributed by atoms with Gasteiger partial charge in [-0.05, 0) is 30.8 Å². The van der Waals surface area contributed by atoms with Crippen molar-refractivity contribution in [3.05, 3.63) is 29.8 Å². The molecule has 0 aromatic heterocycles. The number of esters is 1. The van der Waals surface area contributed by atoms with Crippen molar-refractivity contribution in [2.24, 2.45) is 0 Å². The minimum atomic E-state index is -0.829. The molecule has 1 atom stereocenters. The van der Waals surface area contributed by atoms with Gasteiger partial charge in [-0.1, -0.05) is 76.8 Å². The van der Waals surface area contributed by atoms with E-state index in [9.17, 15) is 14.4 Å². The van der Waals surface area contributed by atoms with Crippen LogP contribution in [0.15, 0.2) is 24.3 Å². The molecule has 1 saturated heterocycles. The van der Waals surface area contributed by atoms with E-state index in [2.05, 4.69) is 17.6 Å². The highest BCUT2D eigenvalue weighted by molar-refractivity contribution is 7.80.